The molecule has 0 bridgehead atoms. The van der Waals surface area contributed by atoms with Crippen LogP contribution in [0.5, 0.6) is 0 Å². The van der Waals surface area contributed by atoms with Crippen LogP contribution in [0.2, 0.25) is 0 Å². The van der Waals surface area contributed by atoms with Gasteiger partial charge in [-0.15, -0.1) is 0 Å². The van der Waals surface area contributed by atoms with Crippen LogP contribution in [0.15, 0.2) is 18.2 Å². The number of halogens is 2. The first-order chi connectivity index (χ1) is 8.14. The topological polar surface area (TPSA) is 20.3 Å². The van der Waals surface area contributed by atoms with E-state index in [0.29, 0.717) is 0 Å². The lowest BCUT2D eigenvalue weighted by Crippen LogP contribution is -2.38. The summed E-state index contributed by atoms with van der Waals surface area (Å²) in [4.78, 5) is 13.5. The summed E-state index contributed by atoms with van der Waals surface area (Å²) in [7, 11) is 1.60. The zero-order valence-electron chi connectivity index (χ0n) is 11.4. The maximum atomic E-state index is 13.6. The fourth-order valence-electron chi connectivity index (χ4n) is 1.75. The number of nitrogens with zero attached hydrogens (tertiary/aromatic N) is 1. The maximum Gasteiger partial charge on any atom is 0.228 e. The summed E-state index contributed by atoms with van der Waals surface area (Å²) in [6.45, 7) is 7.06. The van der Waals surface area contributed by atoms with Crippen LogP contribution in [-0.2, 0) is 4.79 Å². The number of amides is 1. The minimum Gasteiger partial charge on any atom is -0.338 e. The van der Waals surface area contributed by atoms with E-state index in [2.05, 4.69) is 0 Å². The summed E-state index contributed by atoms with van der Waals surface area (Å²) in [6, 6.07) is 2.77. The molecule has 0 spiro atoms. The molecule has 4 heteroatoms. The van der Waals surface area contributed by atoms with Gasteiger partial charge in [0.15, 0.2) is 0 Å². The molecule has 2 nitrogen and oxygen atoms in total. The minimum atomic E-state index is -0.549. The molecule has 0 aliphatic rings. The van der Waals surface area contributed by atoms with Crippen LogP contribution in [0, 0.1) is 17.0 Å². The van der Waals surface area contributed by atoms with Gasteiger partial charge in [-0.2, -0.15) is 0 Å². The fraction of sp³-hybridized carbons (Fsp3) is 0.500. The van der Waals surface area contributed by atoms with Crippen molar-refractivity contribution in [3.63, 3.8) is 0 Å². The molecule has 1 unspecified atom stereocenters. The van der Waals surface area contributed by atoms with Crippen LogP contribution in [0.3, 0.4) is 0 Å². The Morgan fingerprint density at radius 1 is 1.28 bits per heavy atom. The van der Waals surface area contributed by atoms with E-state index in [-0.39, 0.29) is 11.5 Å². The van der Waals surface area contributed by atoms with Gasteiger partial charge in [0.2, 0.25) is 5.91 Å². The van der Waals surface area contributed by atoms with Crippen molar-refractivity contribution in [3.8, 4) is 0 Å². The summed E-state index contributed by atoms with van der Waals surface area (Å²) in [5.41, 5.74) is -0.359. The highest BCUT2D eigenvalue weighted by atomic mass is 19.1. The molecule has 0 aliphatic carbocycles. The number of hydrogen-bond acceptors (Lipinski definition) is 1. The molecule has 1 aromatic rings. The average Bonchev–Trinajstić information content (AvgIpc) is 2.28. The maximum absolute atomic E-state index is 13.6. The first-order valence-corrected chi connectivity index (χ1v) is 5.87. The Hall–Kier alpha value is -1.45. The Kier molecular flexibility index (Phi) is 4.09. The van der Waals surface area contributed by atoms with E-state index in [1.54, 1.807) is 34.7 Å². The molecule has 0 fully saturated rings. The predicted molar refractivity (Wildman–Crippen MR) is 67.0 cm³/mol. The van der Waals surface area contributed by atoms with Crippen LogP contribution in [-0.4, -0.2) is 17.9 Å². The number of carbonyl (C=O) groups excluding carboxylic acids is 1. The highest BCUT2D eigenvalue weighted by Gasteiger charge is 2.29. The Morgan fingerprint density at radius 3 is 2.33 bits per heavy atom. The lowest BCUT2D eigenvalue weighted by molar-refractivity contribution is -0.140. The van der Waals surface area contributed by atoms with Crippen LogP contribution < -0.4 is 0 Å². The van der Waals surface area contributed by atoms with E-state index >= 15 is 0 Å². The smallest absolute Gasteiger partial charge is 0.228 e. The first kappa shape index (κ1) is 14.6. The van der Waals surface area contributed by atoms with Gasteiger partial charge in [0, 0.05) is 18.0 Å². The van der Waals surface area contributed by atoms with Crippen molar-refractivity contribution in [3.05, 3.63) is 35.4 Å². The highest BCUT2D eigenvalue weighted by Crippen LogP contribution is 2.27. The number of rotatable bonds is 2. The third-order valence-electron chi connectivity index (χ3n) is 2.95. The van der Waals surface area contributed by atoms with Gasteiger partial charge in [-0.1, -0.05) is 20.8 Å². The molecule has 0 radical (unpaired) electrons. The van der Waals surface area contributed by atoms with Gasteiger partial charge in [0.1, 0.15) is 11.6 Å². The van der Waals surface area contributed by atoms with Crippen LogP contribution in [0.1, 0.15) is 39.3 Å². The van der Waals surface area contributed by atoms with E-state index in [9.17, 15) is 13.6 Å². The van der Waals surface area contributed by atoms with Gasteiger partial charge in [0.25, 0.3) is 0 Å². The van der Waals surface area contributed by atoms with Gasteiger partial charge in [0.05, 0.1) is 6.04 Å². The second-order valence-electron chi connectivity index (χ2n) is 5.51. The zero-order chi connectivity index (χ0) is 14.1. The van der Waals surface area contributed by atoms with E-state index in [0.717, 1.165) is 18.2 Å². The summed E-state index contributed by atoms with van der Waals surface area (Å²) in [5, 5.41) is 0. The summed E-state index contributed by atoms with van der Waals surface area (Å²) in [6.07, 6.45) is 0. The summed E-state index contributed by atoms with van der Waals surface area (Å²) in [5.74, 6) is -1.12. The van der Waals surface area contributed by atoms with Gasteiger partial charge < -0.3 is 4.90 Å². The SMILES string of the molecule is CC(c1cc(F)ccc1F)N(C)C(=O)C(C)(C)C. The normalized spacial score (nSPS) is 13.3. The molecular weight excluding hydrogens is 236 g/mol. The van der Waals surface area contributed by atoms with Crippen molar-refractivity contribution in [1.82, 2.24) is 4.90 Å². The standard InChI is InChI=1S/C14H19F2NO/c1-9(17(5)13(18)14(2,3)4)11-8-10(15)6-7-12(11)16/h6-9H,1-5H3. The Labute approximate surface area is 107 Å². The summed E-state index contributed by atoms with van der Waals surface area (Å²) < 4.78 is 26.8. The fourth-order valence-corrected chi connectivity index (χ4v) is 1.75. The molecule has 1 rings (SSSR count). The molecule has 1 atom stereocenters. The van der Waals surface area contributed by atoms with Gasteiger partial charge in [-0.05, 0) is 25.1 Å². The molecule has 0 N–H and O–H groups in total. The molecule has 0 aliphatic heterocycles. The van der Waals surface area contributed by atoms with E-state index in [4.69, 9.17) is 0 Å². The molecule has 0 heterocycles. The second-order valence-corrected chi connectivity index (χ2v) is 5.51. The molecule has 1 aromatic carbocycles. The van der Waals surface area contributed by atoms with Crippen LogP contribution in [0.4, 0.5) is 8.78 Å². The summed E-state index contributed by atoms with van der Waals surface area (Å²) >= 11 is 0. The molecule has 0 saturated heterocycles. The van der Waals surface area contributed by atoms with E-state index < -0.39 is 23.1 Å². The third-order valence-corrected chi connectivity index (χ3v) is 2.95. The van der Waals surface area contributed by atoms with Gasteiger partial charge in [-0.25, -0.2) is 8.78 Å². The predicted octanol–water partition coefficient (Wildman–Crippen LogP) is 3.53. The van der Waals surface area contributed by atoms with Crippen molar-refractivity contribution in [2.45, 2.75) is 33.7 Å². The Bertz CT molecular complexity index is 452. The molecule has 1 amide bonds. The molecule has 18 heavy (non-hydrogen) atoms. The quantitative estimate of drug-likeness (QED) is 0.791. The van der Waals surface area contributed by atoms with Crippen molar-refractivity contribution in [1.29, 1.82) is 0 Å². The van der Waals surface area contributed by atoms with E-state index in [1.807, 2.05) is 0 Å². The number of benzene rings is 1. The van der Waals surface area contributed by atoms with Crippen molar-refractivity contribution >= 4 is 5.91 Å². The monoisotopic (exact) mass is 255 g/mol. The van der Waals surface area contributed by atoms with Gasteiger partial charge >= 0.3 is 0 Å². The molecule has 100 valence electrons. The zero-order valence-corrected chi connectivity index (χ0v) is 11.4. The Morgan fingerprint density at radius 2 is 1.83 bits per heavy atom. The first-order valence-electron chi connectivity index (χ1n) is 5.87. The average molecular weight is 255 g/mol. The van der Waals surface area contributed by atoms with Crippen LogP contribution in [0.25, 0.3) is 0 Å². The Balaban J connectivity index is 3.03. The molecule has 0 aromatic heterocycles. The van der Waals surface area contributed by atoms with Gasteiger partial charge in [-0.3, -0.25) is 4.79 Å². The highest BCUT2D eigenvalue weighted by molar-refractivity contribution is 5.81. The van der Waals surface area contributed by atoms with Crippen molar-refractivity contribution < 1.29 is 13.6 Å². The van der Waals surface area contributed by atoms with Crippen molar-refractivity contribution in [2.75, 3.05) is 7.05 Å². The second kappa shape index (κ2) is 5.04. The number of carbonyl (C=O) groups is 1. The lowest BCUT2D eigenvalue weighted by Gasteiger charge is -2.31. The van der Waals surface area contributed by atoms with Crippen molar-refractivity contribution in [2.24, 2.45) is 5.41 Å². The van der Waals surface area contributed by atoms with E-state index in [1.165, 1.54) is 4.90 Å². The molecule has 0 saturated carbocycles. The molecular formula is C14H19F2NO. The minimum absolute atomic E-state index is 0.112. The largest absolute Gasteiger partial charge is 0.338 e. The number of hydrogen-bond donors (Lipinski definition) is 0. The third kappa shape index (κ3) is 3.06. The van der Waals surface area contributed by atoms with Crippen LogP contribution >= 0.6 is 0 Å². The lowest BCUT2D eigenvalue weighted by atomic mass is 9.93.